The van der Waals surface area contributed by atoms with Crippen LogP contribution in [0.4, 0.5) is 0 Å². The molecule has 2 heterocycles. The van der Waals surface area contributed by atoms with Crippen LogP contribution in [0.3, 0.4) is 0 Å². The third-order valence-corrected chi connectivity index (χ3v) is 4.69. The van der Waals surface area contributed by atoms with Gasteiger partial charge in [-0.15, -0.1) is 0 Å². The molecular weight excluding hydrogens is 292 g/mol. The number of aromatic nitrogens is 3. The van der Waals surface area contributed by atoms with E-state index in [-0.39, 0.29) is 6.04 Å². The molecule has 1 aromatic carbocycles. The number of aliphatic hydroxyl groups is 1. The summed E-state index contributed by atoms with van der Waals surface area (Å²) in [6, 6.07) is 7.48. The molecule has 1 saturated carbocycles. The van der Waals surface area contributed by atoms with Gasteiger partial charge in [0.1, 0.15) is 12.0 Å². The van der Waals surface area contributed by atoms with Crippen molar-refractivity contribution < 1.29 is 5.11 Å². The predicted molar refractivity (Wildman–Crippen MR) is 86.9 cm³/mol. The SMILES string of the molecule is [N-]=[N+]=N[C@@H]1CCC[C@H](n2c3ccccc3c3cncnc32)[C@H]1O. The summed E-state index contributed by atoms with van der Waals surface area (Å²) in [5.74, 6) is 0. The Kier molecular flexibility index (Phi) is 3.37. The maximum atomic E-state index is 10.7. The first kappa shape index (κ1) is 14.0. The van der Waals surface area contributed by atoms with Gasteiger partial charge in [0.25, 0.3) is 0 Å². The molecule has 3 atom stereocenters. The van der Waals surface area contributed by atoms with Crippen molar-refractivity contribution in [1.29, 1.82) is 0 Å². The molecule has 0 spiro atoms. The Morgan fingerprint density at radius 1 is 1.26 bits per heavy atom. The molecule has 0 aliphatic heterocycles. The van der Waals surface area contributed by atoms with Crippen molar-refractivity contribution in [3.63, 3.8) is 0 Å². The van der Waals surface area contributed by atoms with Gasteiger partial charge in [-0.05, 0) is 24.4 Å². The molecule has 0 bridgehead atoms. The van der Waals surface area contributed by atoms with Gasteiger partial charge in [0.2, 0.25) is 0 Å². The maximum Gasteiger partial charge on any atom is 0.144 e. The first-order valence-electron chi connectivity index (χ1n) is 7.72. The monoisotopic (exact) mass is 308 g/mol. The second kappa shape index (κ2) is 5.53. The zero-order valence-corrected chi connectivity index (χ0v) is 12.4. The average molecular weight is 308 g/mol. The molecule has 0 amide bonds. The van der Waals surface area contributed by atoms with E-state index in [2.05, 4.69) is 24.6 Å². The van der Waals surface area contributed by atoms with Gasteiger partial charge < -0.3 is 9.67 Å². The smallest absolute Gasteiger partial charge is 0.144 e. The first-order chi connectivity index (χ1) is 11.3. The van der Waals surface area contributed by atoms with Crippen molar-refractivity contribution in [2.45, 2.75) is 37.5 Å². The van der Waals surface area contributed by atoms with Crippen molar-refractivity contribution in [3.05, 3.63) is 47.2 Å². The summed E-state index contributed by atoms with van der Waals surface area (Å²) in [4.78, 5) is 11.4. The number of para-hydroxylation sites is 1. The highest BCUT2D eigenvalue weighted by atomic mass is 16.3. The molecule has 3 aromatic rings. The third-order valence-electron chi connectivity index (χ3n) is 4.69. The van der Waals surface area contributed by atoms with Crippen LogP contribution in [-0.2, 0) is 0 Å². The minimum Gasteiger partial charge on any atom is -0.391 e. The molecule has 0 radical (unpaired) electrons. The van der Waals surface area contributed by atoms with Gasteiger partial charge in [-0.3, -0.25) is 0 Å². The topological polar surface area (TPSA) is 99.7 Å². The lowest BCUT2D eigenvalue weighted by molar-refractivity contribution is 0.0606. The Morgan fingerprint density at radius 3 is 3.00 bits per heavy atom. The fourth-order valence-electron chi connectivity index (χ4n) is 3.67. The van der Waals surface area contributed by atoms with Crippen LogP contribution in [0.25, 0.3) is 32.4 Å². The normalized spacial score (nSPS) is 24.7. The number of benzene rings is 1. The highest BCUT2D eigenvalue weighted by molar-refractivity contribution is 6.06. The van der Waals surface area contributed by atoms with E-state index in [1.807, 2.05) is 24.3 Å². The minimum absolute atomic E-state index is 0.156. The highest BCUT2D eigenvalue weighted by Gasteiger charge is 2.34. The van der Waals surface area contributed by atoms with Gasteiger partial charge >= 0.3 is 0 Å². The van der Waals surface area contributed by atoms with Crippen molar-refractivity contribution in [2.75, 3.05) is 0 Å². The molecule has 1 aliphatic carbocycles. The van der Waals surface area contributed by atoms with Crippen LogP contribution in [0.1, 0.15) is 25.3 Å². The Morgan fingerprint density at radius 2 is 2.13 bits per heavy atom. The number of hydrogen-bond acceptors (Lipinski definition) is 4. The molecule has 4 rings (SSSR count). The van der Waals surface area contributed by atoms with E-state index < -0.39 is 12.1 Å². The van der Waals surface area contributed by atoms with Crippen LogP contribution in [0.5, 0.6) is 0 Å². The Balaban J connectivity index is 1.94. The number of hydrogen-bond donors (Lipinski definition) is 1. The fraction of sp³-hybridized carbons (Fsp3) is 0.375. The highest BCUT2D eigenvalue weighted by Crippen LogP contribution is 2.37. The Bertz CT molecular complexity index is 860. The molecular formula is C16H16N6O. The number of rotatable bonds is 2. The van der Waals surface area contributed by atoms with Crippen LogP contribution in [0.15, 0.2) is 41.9 Å². The van der Waals surface area contributed by atoms with E-state index in [1.165, 1.54) is 6.33 Å². The molecule has 23 heavy (non-hydrogen) atoms. The lowest BCUT2D eigenvalue weighted by atomic mass is 9.88. The molecule has 116 valence electrons. The lowest BCUT2D eigenvalue weighted by Crippen LogP contribution is -2.37. The molecule has 2 aromatic heterocycles. The number of aliphatic hydroxyl groups excluding tert-OH is 1. The Hall–Kier alpha value is -2.63. The standard InChI is InChI=1S/C16H16N6O/c17-21-20-12-5-3-7-14(15(12)23)22-13-6-2-1-4-10(13)11-8-18-9-19-16(11)22/h1-2,4,6,8-9,12,14-15,23H,3,5,7H2/t12-,14+,15+/m1/s1. The molecule has 1 fully saturated rings. The predicted octanol–water partition coefficient (Wildman–Crippen LogP) is 3.35. The van der Waals surface area contributed by atoms with E-state index in [0.29, 0.717) is 6.42 Å². The van der Waals surface area contributed by atoms with Gasteiger partial charge in [0.05, 0.1) is 23.7 Å². The molecule has 1 aliphatic rings. The summed E-state index contributed by atoms with van der Waals surface area (Å²) in [5.41, 5.74) is 10.6. The zero-order chi connectivity index (χ0) is 15.8. The van der Waals surface area contributed by atoms with E-state index in [1.54, 1.807) is 6.20 Å². The fourth-order valence-corrected chi connectivity index (χ4v) is 3.67. The third kappa shape index (κ3) is 2.13. The van der Waals surface area contributed by atoms with Crippen molar-refractivity contribution in [2.24, 2.45) is 5.11 Å². The van der Waals surface area contributed by atoms with Crippen molar-refractivity contribution in [3.8, 4) is 0 Å². The van der Waals surface area contributed by atoms with Crippen LogP contribution in [0, 0.1) is 0 Å². The van der Waals surface area contributed by atoms with Gasteiger partial charge in [-0.25, -0.2) is 9.97 Å². The summed E-state index contributed by atoms with van der Waals surface area (Å²) < 4.78 is 2.08. The summed E-state index contributed by atoms with van der Waals surface area (Å²) in [5, 5.41) is 16.5. The van der Waals surface area contributed by atoms with E-state index in [4.69, 9.17) is 5.53 Å². The molecule has 0 saturated heterocycles. The number of fused-ring (bicyclic) bond motifs is 3. The zero-order valence-electron chi connectivity index (χ0n) is 12.4. The van der Waals surface area contributed by atoms with Crippen LogP contribution >= 0.6 is 0 Å². The second-order valence-electron chi connectivity index (χ2n) is 5.91. The molecule has 0 unspecified atom stereocenters. The quantitative estimate of drug-likeness (QED) is 0.446. The van der Waals surface area contributed by atoms with Gasteiger partial charge in [0, 0.05) is 21.9 Å². The van der Waals surface area contributed by atoms with Crippen molar-refractivity contribution in [1.82, 2.24) is 14.5 Å². The summed E-state index contributed by atoms with van der Waals surface area (Å²) in [6.07, 6.45) is 5.07. The van der Waals surface area contributed by atoms with Gasteiger partial charge in [-0.1, -0.05) is 29.7 Å². The Labute approximate surface area is 132 Å². The molecule has 7 nitrogen and oxygen atoms in total. The van der Waals surface area contributed by atoms with Gasteiger partial charge in [-0.2, -0.15) is 0 Å². The maximum absolute atomic E-state index is 10.7. The van der Waals surface area contributed by atoms with Crippen molar-refractivity contribution >= 4 is 21.9 Å². The van der Waals surface area contributed by atoms with Crippen LogP contribution in [0.2, 0.25) is 0 Å². The largest absolute Gasteiger partial charge is 0.391 e. The van der Waals surface area contributed by atoms with Crippen LogP contribution < -0.4 is 0 Å². The summed E-state index contributed by atoms with van der Waals surface area (Å²) >= 11 is 0. The summed E-state index contributed by atoms with van der Waals surface area (Å²) in [6.45, 7) is 0. The minimum atomic E-state index is -0.714. The van der Waals surface area contributed by atoms with Crippen LogP contribution in [-0.4, -0.2) is 31.8 Å². The van der Waals surface area contributed by atoms with E-state index in [0.717, 1.165) is 34.8 Å². The number of azide groups is 1. The van der Waals surface area contributed by atoms with Gasteiger partial charge in [0.15, 0.2) is 0 Å². The van der Waals surface area contributed by atoms with E-state index >= 15 is 0 Å². The number of nitrogens with zero attached hydrogens (tertiary/aromatic N) is 6. The van der Waals surface area contributed by atoms with E-state index in [9.17, 15) is 5.11 Å². The average Bonchev–Trinajstić information content (AvgIpc) is 2.92. The second-order valence-corrected chi connectivity index (χ2v) is 5.91. The lowest BCUT2D eigenvalue weighted by Gasteiger charge is -2.34. The molecule has 7 heteroatoms. The molecule has 1 N–H and O–H groups in total. The summed E-state index contributed by atoms with van der Waals surface area (Å²) in [7, 11) is 0. The first-order valence-corrected chi connectivity index (χ1v) is 7.72.